The van der Waals surface area contributed by atoms with Crippen molar-refractivity contribution in [2.45, 2.75) is 26.2 Å². The van der Waals surface area contributed by atoms with Gasteiger partial charge < -0.3 is 9.15 Å². The molecule has 0 aliphatic rings. The maximum absolute atomic E-state index is 13.2. The number of ketones is 1. The van der Waals surface area contributed by atoms with E-state index in [2.05, 4.69) is 20.8 Å². The molecule has 0 fully saturated rings. The van der Waals surface area contributed by atoms with Gasteiger partial charge in [0, 0.05) is 11.1 Å². The number of ether oxygens (including phenoxy) is 1. The van der Waals surface area contributed by atoms with E-state index in [1.54, 1.807) is 42.5 Å². The number of fused-ring (bicyclic) bond motifs is 1. The molecule has 4 rings (SSSR count). The summed E-state index contributed by atoms with van der Waals surface area (Å²) in [5.74, 6) is 0.165. The van der Waals surface area contributed by atoms with E-state index in [9.17, 15) is 9.59 Å². The Balaban J connectivity index is 1.77. The highest BCUT2D eigenvalue weighted by molar-refractivity contribution is 5.97. The van der Waals surface area contributed by atoms with Crippen molar-refractivity contribution in [3.63, 3.8) is 0 Å². The molecule has 31 heavy (non-hydrogen) atoms. The highest BCUT2D eigenvalue weighted by Crippen LogP contribution is 2.32. The van der Waals surface area contributed by atoms with E-state index in [0.29, 0.717) is 22.3 Å². The van der Waals surface area contributed by atoms with Gasteiger partial charge in [-0.05, 0) is 23.1 Å². The highest BCUT2D eigenvalue weighted by atomic mass is 16.5. The SMILES string of the molecule is CC(C)(C)c1ccc(-c2oc3ccccc3c(=O)c2OCC(=O)c2ccccc2)cc1. The standard InChI is InChI=1S/C27H24O4/c1-27(2,3)20-15-13-19(14-16-20)25-26(24(29)21-11-7-8-12-23(21)31-25)30-17-22(28)18-9-5-4-6-10-18/h4-16H,17H2,1-3H3. The number of carbonyl (C=O) groups is 1. The summed E-state index contributed by atoms with van der Waals surface area (Å²) in [4.78, 5) is 25.7. The van der Waals surface area contributed by atoms with Crippen LogP contribution in [0, 0.1) is 0 Å². The minimum Gasteiger partial charge on any atom is -0.478 e. The van der Waals surface area contributed by atoms with Gasteiger partial charge in [-0.25, -0.2) is 0 Å². The van der Waals surface area contributed by atoms with Gasteiger partial charge in [0.05, 0.1) is 5.39 Å². The fourth-order valence-electron chi connectivity index (χ4n) is 3.41. The number of Topliss-reactive ketones (excluding diaryl/α,β-unsaturated/α-hetero) is 1. The van der Waals surface area contributed by atoms with Crippen LogP contribution < -0.4 is 10.2 Å². The molecule has 0 aliphatic carbocycles. The molecule has 4 heteroatoms. The lowest BCUT2D eigenvalue weighted by molar-refractivity contribution is 0.0920. The Labute approximate surface area is 181 Å². The quantitative estimate of drug-likeness (QED) is 0.376. The molecule has 0 saturated heterocycles. The molecule has 0 spiro atoms. The molecule has 1 heterocycles. The molecule has 0 saturated carbocycles. The first-order valence-corrected chi connectivity index (χ1v) is 10.2. The van der Waals surface area contributed by atoms with Crippen LogP contribution in [-0.2, 0) is 5.41 Å². The van der Waals surface area contributed by atoms with Gasteiger partial charge in [-0.1, -0.05) is 87.5 Å². The maximum Gasteiger partial charge on any atom is 0.235 e. The number of rotatable bonds is 5. The van der Waals surface area contributed by atoms with Gasteiger partial charge in [0.1, 0.15) is 5.58 Å². The van der Waals surface area contributed by atoms with E-state index in [4.69, 9.17) is 9.15 Å². The van der Waals surface area contributed by atoms with Crippen molar-refractivity contribution in [3.8, 4) is 17.1 Å². The second kappa shape index (κ2) is 8.23. The fourth-order valence-corrected chi connectivity index (χ4v) is 3.41. The third kappa shape index (κ3) is 4.29. The molecule has 0 amide bonds. The second-order valence-corrected chi connectivity index (χ2v) is 8.49. The van der Waals surface area contributed by atoms with Gasteiger partial charge in [0.2, 0.25) is 11.2 Å². The molecule has 4 aromatic rings. The zero-order valence-corrected chi connectivity index (χ0v) is 17.8. The third-order valence-electron chi connectivity index (χ3n) is 5.21. The summed E-state index contributed by atoms with van der Waals surface area (Å²) >= 11 is 0. The van der Waals surface area contributed by atoms with Crippen molar-refractivity contribution in [2.24, 2.45) is 0 Å². The summed E-state index contributed by atoms with van der Waals surface area (Å²) in [7, 11) is 0. The van der Waals surface area contributed by atoms with Gasteiger partial charge in [-0.15, -0.1) is 0 Å². The molecule has 0 atom stereocenters. The van der Waals surface area contributed by atoms with Gasteiger partial charge in [0.25, 0.3) is 0 Å². The van der Waals surface area contributed by atoms with Crippen LogP contribution in [0.3, 0.4) is 0 Å². The molecule has 1 aromatic heterocycles. The van der Waals surface area contributed by atoms with E-state index in [-0.39, 0.29) is 29.0 Å². The lowest BCUT2D eigenvalue weighted by Gasteiger charge is -2.19. The van der Waals surface area contributed by atoms with Crippen molar-refractivity contribution in [3.05, 3.63) is 100 Å². The second-order valence-electron chi connectivity index (χ2n) is 8.49. The lowest BCUT2D eigenvalue weighted by atomic mass is 9.86. The topological polar surface area (TPSA) is 56.5 Å². The number of carbonyl (C=O) groups excluding carboxylic acids is 1. The minimum atomic E-state index is -0.294. The Bertz CT molecular complexity index is 1280. The number of hydrogen-bond donors (Lipinski definition) is 0. The lowest BCUT2D eigenvalue weighted by Crippen LogP contribution is -2.17. The third-order valence-corrected chi connectivity index (χ3v) is 5.21. The molecule has 156 valence electrons. The van der Waals surface area contributed by atoms with Crippen LogP contribution >= 0.6 is 0 Å². The first kappa shape index (κ1) is 20.6. The van der Waals surface area contributed by atoms with Crippen molar-refractivity contribution >= 4 is 16.8 Å². The normalized spacial score (nSPS) is 11.5. The maximum atomic E-state index is 13.2. The van der Waals surface area contributed by atoms with E-state index in [1.165, 1.54) is 5.56 Å². The van der Waals surface area contributed by atoms with Crippen molar-refractivity contribution in [1.29, 1.82) is 0 Å². The summed E-state index contributed by atoms with van der Waals surface area (Å²) in [5, 5.41) is 0.416. The zero-order chi connectivity index (χ0) is 22.0. The van der Waals surface area contributed by atoms with Crippen LogP contribution in [-0.4, -0.2) is 12.4 Å². The Morgan fingerprint density at radius 3 is 2.19 bits per heavy atom. The summed E-state index contributed by atoms with van der Waals surface area (Å²) < 4.78 is 11.9. The number of hydrogen-bond acceptors (Lipinski definition) is 4. The molecule has 3 aromatic carbocycles. The monoisotopic (exact) mass is 412 g/mol. The fraction of sp³-hybridized carbons (Fsp3) is 0.185. The Hall–Kier alpha value is -3.66. The molecule has 0 radical (unpaired) electrons. The predicted octanol–water partition coefficient (Wildman–Crippen LogP) is 6.02. The first-order valence-electron chi connectivity index (χ1n) is 10.2. The van der Waals surface area contributed by atoms with Crippen molar-refractivity contribution < 1.29 is 13.9 Å². The minimum absolute atomic E-state index is 0.00415. The Morgan fingerprint density at radius 1 is 0.871 bits per heavy atom. The van der Waals surface area contributed by atoms with Crippen LogP contribution in [0.4, 0.5) is 0 Å². The van der Waals surface area contributed by atoms with Crippen LogP contribution in [0.2, 0.25) is 0 Å². The highest BCUT2D eigenvalue weighted by Gasteiger charge is 2.20. The van der Waals surface area contributed by atoms with Gasteiger partial charge in [0.15, 0.2) is 18.2 Å². The van der Waals surface area contributed by atoms with Crippen molar-refractivity contribution in [1.82, 2.24) is 0 Å². The summed E-state index contributed by atoms with van der Waals surface area (Å²) in [6.07, 6.45) is 0. The van der Waals surface area contributed by atoms with Crippen LogP contribution in [0.1, 0.15) is 36.7 Å². The van der Waals surface area contributed by atoms with Gasteiger partial charge in [-0.3, -0.25) is 9.59 Å². The van der Waals surface area contributed by atoms with E-state index in [0.717, 1.165) is 5.56 Å². The van der Waals surface area contributed by atoms with Crippen molar-refractivity contribution in [2.75, 3.05) is 6.61 Å². The average molecular weight is 412 g/mol. The molecule has 0 N–H and O–H groups in total. The summed E-state index contributed by atoms with van der Waals surface area (Å²) in [5.41, 5.74) is 2.61. The molecular formula is C27H24O4. The molecule has 4 nitrogen and oxygen atoms in total. The van der Waals surface area contributed by atoms with Crippen LogP contribution in [0.15, 0.2) is 88.1 Å². The first-order chi connectivity index (χ1) is 14.8. The van der Waals surface area contributed by atoms with Crippen LogP contribution in [0.25, 0.3) is 22.3 Å². The summed E-state index contributed by atoms with van der Waals surface area (Å²) in [6, 6.07) is 23.8. The average Bonchev–Trinajstić information content (AvgIpc) is 2.78. The number of para-hydroxylation sites is 1. The Kier molecular flexibility index (Phi) is 5.47. The van der Waals surface area contributed by atoms with Gasteiger partial charge >= 0.3 is 0 Å². The predicted molar refractivity (Wildman–Crippen MR) is 123 cm³/mol. The van der Waals surface area contributed by atoms with Crippen LogP contribution in [0.5, 0.6) is 5.75 Å². The smallest absolute Gasteiger partial charge is 0.235 e. The Morgan fingerprint density at radius 2 is 1.52 bits per heavy atom. The molecular weight excluding hydrogens is 388 g/mol. The number of benzene rings is 3. The van der Waals surface area contributed by atoms with E-state index in [1.807, 2.05) is 36.4 Å². The van der Waals surface area contributed by atoms with E-state index < -0.39 is 0 Å². The molecule has 0 unspecified atom stereocenters. The largest absolute Gasteiger partial charge is 0.478 e. The van der Waals surface area contributed by atoms with E-state index >= 15 is 0 Å². The molecule has 0 bridgehead atoms. The zero-order valence-electron chi connectivity index (χ0n) is 17.8. The van der Waals surface area contributed by atoms with Gasteiger partial charge in [-0.2, -0.15) is 0 Å². The molecule has 0 aliphatic heterocycles. The summed E-state index contributed by atoms with van der Waals surface area (Å²) in [6.45, 7) is 6.17.